The number of esters is 3. The summed E-state index contributed by atoms with van der Waals surface area (Å²) >= 11 is 0. The number of ether oxygens (including phenoxy) is 3. The van der Waals surface area contributed by atoms with Crippen LogP contribution in [0.2, 0.25) is 0 Å². The molecule has 6 nitrogen and oxygen atoms in total. The lowest BCUT2D eigenvalue weighted by Crippen LogP contribution is -2.30. The highest BCUT2D eigenvalue weighted by Gasteiger charge is 2.19. The maximum Gasteiger partial charge on any atom is 0.306 e. The minimum atomic E-state index is -0.760. The molecule has 0 fully saturated rings. The molecule has 0 aliphatic heterocycles. The first-order chi connectivity index (χ1) is 36.5. The van der Waals surface area contributed by atoms with Crippen LogP contribution in [-0.4, -0.2) is 37.2 Å². The third kappa shape index (κ3) is 61.3. The number of carbonyl (C=O) groups is 3. The first-order valence-corrected chi connectivity index (χ1v) is 34.0. The second kappa shape index (κ2) is 63.9. The Balaban J connectivity index is 3.89. The van der Waals surface area contributed by atoms with E-state index in [4.69, 9.17) is 14.2 Å². The van der Waals surface area contributed by atoms with Crippen LogP contribution in [0.1, 0.15) is 400 Å². The second-order valence-electron chi connectivity index (χ2n) is 23.5. The van der Waals surface area contributed by atoms with Crippen LogP contribution >= 0.6 is 0 Å². The van der Waals surface area contributed by atoms with Gasteiger partial charge in [-0.2, -0.15) is 0 Å². The smallest absolute Gasteiger partial charge is 0.306 e. The Morgan fingerprint density at radius 3 is 0.541 bits per heavy atom. The normalized spacial score (nSPS) is 11.9. The van der Waals surface area contributed by atoms with Gasteiger partial charge in [-0.15, -0.1) is 0 Å². The number of rotatable bonds is 64. The average molecular weight is 1050 g/mol. The largest absolute Gasteiger partial charge is 0.462 e. The maximum absolute atomic E-state index is 12.8. The summed E-state index contributed by atoms with van der Waals surface area (Å²) in [6.45, 7) is 6.64. The van der Waals surface area contributed by atoms with Crippen molar-refractivity contribution in [2.24, 2.45) is 0 Å². The van der Waals surface area contributed by atoms with Crippen LogP contribution in [0.4, 0.5) is 0 Å². The summed E-state index contributed by atoms with van der Waals surface area (Å²) in [7, 11) is 0. The molecule has 0 aromatic heterocycles. The fourth-order valence-electron chi connectivity index (χ4n) is 10.7. The van der Waals surface area contributed by atoms with Crippen LogP contribution < -0.4 is 0 Å². The predicted octanol–water partition coefficient (Wildman–Crippen LogP) is 23.1. The number of hydrogen-bond donors (Lipinski definition) is 0. The van der Waals surface area contributed by atoms with Gasteiger partial charge in [0.25, 0.3) is 0 Å². The maximum atomic E-state index is 12.8. The van der Waals surface area contributed by atoms with Gasteiger partial charge in [-0.25, -0.2) is 0 Å². The Morgan fingerprint density at radius 2 is 0.365 bits per heavy atom. The van der Waals surface area contributed by atoms with Gasteiger partial charge < -0.3 is 14.2 Å². The van der Waals surface area contributed by atoms with Crippen molar-refractivity contribution in [3.8, 4) is 0 Å². The highest BCUT2D eigenvalue weighted by molar-refractivity contribution is 5.71. The Labute approximate surface area is 463 Å². The van der Waals surface area contributed by atoms with Crippen LogP contribution in [0.15, 0.2) is 0 Å². The van der Waals surface area contributed by atoms with Gasteiger partial charge in [0.2, 0.25) is 0 Å². The van der Waals surface area contributed by atoms with Crippen molar-refractivity contribution in [1.29, 1.82) is 0 Å². The summed E-state index contributed by atoms with van der Waals surface area (Å²) in [6.07, 6.45) is 74.8. The molecule has 0 N–H and O–H groups in total. The molecule has 6 heteroatoms. The summed E-state index contributed by atoms with van der Waals surface area (Å²) in [5.41, 5.74) is 0. The second-order valence-corrected chi connectivity index (χ2v) is 23.5. The van der Waals surface area contributed by atoms with E-state index in [1.165, 1.54) is 295 Å². The van der Waals surface area contributed by atoms with Gasteiger partial charge in [-0.3, -0.25) is 14.4 Å². The molecule has 0 aromatic rings. The fourth-order valence-corrected chi connectivity index (χ4v) is 10.7. The molecular formula is C68H132O6. The van der Waals surface area contributed by atoms with Gasteiger partial charge in [0.15, 0.2) is 6.10 Å². The van der Waals surface area contributed by atoms with Crippen molar-refractivity contribution in [2.45, 2.75) is 406 Å². The van der Waals surface area contributed by atoms with Gasteiger partial charge in [0.1, 0.15) is 13.2 Å². The number of carbonyl (C=O) groups excluding carboxylic acids is 3. The van der Waals surface area contributed by atoms with Crippen LogP contribution in [0.5, 0.6) is 0 Å². The minimum absolute atomic E-state index is 0.0623. The molecule has 0 radical (unpaired) electrons. The van der Waals surface area contributed by atoms with E-state index in [9.17, 15) is 14.4 Å². The van der Waals surface area contributed by atoms with Gasteiger partial charge >= 0.3 is 17.9 Å². The first kappa shape index (κ1) is 72.4. The molecule has 0 rings (SSSR count). The molecule has 0 spiro atoms. The molecule has 0 aliphatic rings. The summed E-state index contributed by atoms with van der Waals surface area (Å²) in [5, 5.41) is 0. The first-order valence-electron chi connectivity index (χ1n) is 34.0. The SMILES string of the molecule is CCCCCCCCCCCCCCCCCCCCCCCCCCCCCCCCC(=O)OCC(COC(=O)CCCCCCC)OC(=O)CCCCCCCCCCCCCCCCCCCCCCC. The predicted molar refractivity (Wildman–Crippen MR) is 321 cm³/mol. The summed E-state index contributed by atoms with van der Waals surface area (Å²) < 4.78 is 16.8. The zero-order chi connectivity index (χ0) is 53.6. The van der Waals surface area contributed by atoms with E-state index in [2.05, 4.69) is 20.8 Å². The molecule has 0 saturated heterocycles. The van der Waals surface area contributed by atoms with E-state index in [1.807, 2.05) is 0 Å². The molecule has 0 heterocycles. The molecular weight excluding hydrogens is 913 g/mol. The van der Waals surface area contributed by atoms with Crippen molar-refractivity contribution >= 4 is 17.9 Å². The molecule has 0 aliphatic carbocycles. The third-order valence-corrected chi connectivity index (χ3v) is 15.9. The molecule has 0 bridgehead atoms. The van der Waals surface area contributed by atoms with E-state index in [-0.39, 0.29) is 31.1 Å². The van der Waals surface area contributed by atoms with E-state index < -0.39 is 6.10 Å². The average Bonchev–Trinajstić information content (AvgIpc) is 3.40. The summed E-state index contributed by atoms with van der Waals surface area (Å²) in [6, 6.07) is 0. The Hall–Kier alpha value is -1.59. The van der Waals surface area contributed by atoms with Gasteiger partial charge in [0, 0.05) is 19.3 Å². The van der Waals surface area contributed by atoms with Gasteiger partial charge in [-0.05, 0) is 19.3 Å². The quantitative estimate of drug-likeness (QED) is 0.0343. The van der Waals surface area contributed by atoms with E-state index in [0.717, 1.165) is 64.2 Å². The van der Waals surface area contributed by atoms with Crippen LogP contribution in [0.25, 0.3) is 0 Å². The Morgan fingerprint density at radius 1 is 0.216 bits per heavy atom. The van der Waals surface area contributed by atoms with E-state index >= 15 is 0 Å². The van der Waals surface area contributed by atoms with E-state index in [0.29, 0.717) is 19.3 Å². The number of hydrogen-bond acceptors (Lipinski definition) is 6. The number of unbranched alkanes of at least 4 members (excludes halogenated alkanes) is 53. The molecule has 1 atom stereocenters. The van der Waals surface area contributed by atoms with Crippen molar-refractivity contribution in [1.82, 2.24) is 0 Å². The zero-order valence-corrected chi connectivity index (χ0v) is 50.7. The van der Waals surface area contributed by atoms with Crippen LogP contribution in [-0.2, 0) is 28.6 Å². The molecule has 1 unspecified atom stereocenters. The van der Waals surface area contributed by atoms with Gasteiger partial charge in [-0.1, -0.05) is 361 Å². The lowest BCUT2D eigenvalue weighted by molar-refractivity contribution is -0.167. The lowest BCUT2D eigenvalue weighted by atomic mass is 10.0. The molecule has 440 valence electrons. The Kier molecular flexibility index (Phi) is 62.6. The van der Waals surface area contributed by atoms with Crippen LogP contribution in [0, 0.1) is 0 Å². The standard InChI is InChI=1S/C68H132O6/c1-4-7-10-13-15-17-19-21-23-25-27-29-30-31-32-33-34-35-36-37-39-40-42-44-46-48-50-52-55-58-61-67(70)73-64-65(63-72-66(69)60-57-54-12-9-6-3)74-68(71)62-59-56-53-51-49-47-45-43-41-38-28-26-24-22-20-18-16-14-11-8-5-2/h65H,4-64H2,1-3H3. The van der Waals surface area contributed by atoms with E-state index in [1.54, 1.807) is 0 Å². The van der Waals surface area contributed by atoms with Crippen molar-refractivity contribution in [2.75, 3.05) is 13.2 Å². The fraction of sp³-hybridized carbons (Fsp3) is 0.956. The monoisotopic (exact) mass is 1050 g/mol. The lowest BCUT2D eigenvalue weighted by Gasteiger charge is -2.18. The van der Waals surface area contributed by atoms with Crippen molar-refractivity contribution < 1.29 is 28.6 Å². The molecule has 0 amide bonds. The zero-order valence-electron chi connectivity index (χ0n) is 50.7. The highest BCUT2D eigenvalue weighted by atomic mass is 16.6. The molecule has 74 heavy (non-hydrogen) atoms. The Bertz CT molecular complexity index is 1110. The summed E-state index contributed by atoms with van der Waals surface area (Å²) in [4.78, 5) is 37.9. The van der Waals surface area contributed by atoms with Crippen molar-refractivity contribution in [3.63, 3.8) is 0 Å². The summed E-state index contributed by atoms with van der Waals surface area (Å²) in [5.74, 6) is -0.845. The highest BCUT2D eigenvalue weighted by Crippen LogP contribution is 2.19. The topological polar surface area (TPSA) is 78.9 Å². The van der Waals surface area contributed by atoms with Crippen molar-refractivity contribution in [3.05, 3.63) is 0 Å². The third-order valence-electron chi connectivity index (χ3n) is 15.9. The van der Waals surface area contributed by atoms with Crippen LogP contribution in [0.3, 0.4) is 0 Å². The molecule has 0 aromatic carbocycles. The minimum Gasteiger partial charge on any atom is -0.462 e. The molecule has 0 saturated carbocycles. The van der Waals surface area contributed by atoms with Gasteiger partial charge in [0.05, 0.1) is 0 Å².